The summed E-state index contributed by atoms with van der Waals surface area (Å²) in [7, 11) is 0. The number of carboxylic acid groups (broad SMARTS) is 1. The number of hydrogen-bond donors (Lipinski definition) is 2. The molecule has 0 fully saturated rings. The summed E-state index contributed by atoms with van der Waals surface area (Å²) < 4.78 is 13.0. The molecule has 3 rings (SSSR count). The van der Waals surface area contributed by atoms with Crippen molar-refractivity contribution in [1.82, 2.24) is 5.32 Å². The average Bonchev–Trinajstić information content (AvgIpc) is 3.08. The summed E-state index contributed by atoms with van der Waals surface area (Å²) in [4.78, 5) is 24.0. The Morgan fingerprint density at radius 1 is 1.17 bits per heavy atom. The minimum Gasteiger partial charge on any atom is -0.480 e. The van der Waals surface area contributed by atoms with Gasteiger partial charge in [-0.15, -0.1) is 0 Å². The Kier molecular flexibility index (Phi) is 4.51. The molecule has 1 amide bonds. The van der Waals surface area contributed by atoms with Crippen LogP contribution in [-0.4, -0.2) is 23.0 Å². The number of hydrogen-bond acceptors (Lipinski definition) is 2. The van der Waals surface area contributed by atoms with Gasteiger partial charge in [0.2, 0.25) is 5.91 Å². The topological polar surface area (TPSA) is 66.4 Å². The number of nitrogens with one attached hydrogen (secondary N) is 1. The normalized spacial score (nSPS) is 22.0. The summed E-state index contributed by atoms with van der Waals surface area (Å²) in [5, 5.41) is 12.3. The quantitative estimate of drug-likeness (QED) is 0.658. The van der Waals surface area contributed by atoms with E-state index >= 15 is 0 Å². The van der Waals surface area contributed by atoms with Crippen LogP contribution in [0.2, 0.25) is 0 Å². The molecular weight excluding hydrogens is 309 g/mol. The van der Waals surface area contributed by atoms with Crippen molar-refractivity contribution in [2.24, 2.45) is 5.41 Å². The SMILES string of the molecule is O=C(O)C1(C(=O)NC2CC=C(c3ccc(F)cc3)CC2)CC=CC1. The lowest BCUT2D eigenvalue weighted by atomic mass is 9.83. The third kappa shape index (κ3) is 3.11. The van der Waals surface area contributed by atoms with Gasteiger partial charge in [0.25, 0.3) is 0 Å². The fourth-order valence-corrected chi connectivity index (χ4v) is 3.32. The standard InChI is InChI=1S/C19H20FNO3/c20-15-7-3-13(4-8-15)14-5-9-16(10-6-14)21-17(22)19(18(23)24)11-1-2-12-19/h1-5,7-8,16H,6,9-12H2,(H,21,22)(H,23,24). The Bertz CT molecular complexity index is 698. The molecule has 126 valence electrons. The third-order valence-electron chi connectivity index (χ3n) is 4.90. The molecule has 0 heterocycles. The van der Waals surface area contributed by atoms with E-state index in [0.717, 1.165) is 24.0 Å². The Morgan fingerprint density at radius 3 is 2.38 bits per heavy atom. The second kappa shape index (κ2) is 6.59. The highest BCUT2D eigenvalue weighted by Gasteiger charge is 2.46. The summed E-state index contributed by atoms with van der Waals surface area (Å²) in [5.41, 5.74) is 0.778. The van der Waals surface area contributed by atoms with E-state index in [9.17, 15) is 19.1 Å². The summed E-state index contributed by atoms with van der Waals surface area (Å²) in [6.07, 6.45) is 8.22. The van der Waals surface area contributed by atoms with Gasteiger partial charge < -0.3 is 10.4 Å². The van der Waals surface area contributed by atoms with E-state index in [1.165, 1.54) is 12.1 Å². The van der Waals surface area contributed by atoms with Crippen LogP contribution in [0.15, 0.2) is 42.5 Å². The van der Waals surface area contributed by atoms with E-state index in [4.69, 9.17) is 0 Å². The molecular formula is C19H20FNO3. The molecule has 0 saturated heterocycles. The van der Waals surface area contributed by atoms with Gasteiger partial charge >= 0.3 is 5.97 Å². The minimum atomic E-state index is -1.35. The summed E-state index contributed by atoms with van der Waals surface area (Å²) in [5.74, 6) is -1.73. The number of carboxylic acids is 1. The van der Waals surface area contributed by atoms with E-state index in [-0.39, 0.29) is 24.7 Å². The molecule has 0 bridgehead atoms. The molecule has 0 saturated carbocycles. The number of aliphatic carboxylic acids is 1. The Hall–Kier alpha value is -2.43. The highest BCUT2D eigenvalue weighted by atomic mass is 19.1. The number of rotatable bonds is 4. The maximum absolute atomic E-state index is 13.0. The van der Waals surface area contributed by atoms with E-state index in [1.54, 1.807) is 24.3 Å². The first-order chi connectivity index (χ1) is 11.5. The van der Waals surface area contributed by atoms with E-state index in [0.29, 0.717) is 6.42 Å². The molecule has 4 nitrogen and oxygen atoms in total. The minimum absolute atomic E-state index is 0.0569. The maximum atomic E-state index is 13.0. The smallest absolute Gasteiger partial charge is 0.319 e. The molecule has 2 N–H and O–H groups in total. The molecule has 5 heteroatoms. The number of amides is 1. The molecule has 1 aromatic rings. The van der Waals surface area contributed by atoms with Crippen LogP contribution < -0.4 is 5.32 Å². The van der Waals surface area contributed by atoms with Crippen molar-refractivity contribution >= 4 is 17.4 Å². The van der Waals surface area contributed by atoms with E-state index < -0.39 is 17.3 Å². The first kappa shape index (κ1) is 16.4. The van der Waals surface area contributed by atoms with Crippen molar-refractivity contribution < 1.29 is 19.1 Å². The molecule has 24 heavy (non-hydrogen) atoms. The second-order valence-electron chi connectivity index (χ2n) is 6.45. The number of allylic oxidation sites excluding steroid dienone is 3. The van der Waals surface area contributed by atoms with Crippen LogP contribution in [-0.2, 0) is 9.59 Å². The Morgan fingerprint density at radius 2 is 1.83 bits per heavy atom. The zero-order valence-electron chi connectivity index (χ0n) is 13.3. The fraction of sp³-hybridized carbons (Fsp3) is 0.368. The number of halogens is 1. The van der Waals surface area contributed by atoms with Gasteiger partial charge in [-0.3, -0.25) is 9.59 Å². The van der Waals surface area contributed by atoms with Crippen LogP contribution in [0.1, 0.15) is 37.7 Å². The van der Waals surface area contributed by atoms with Crippen LogP contribution in [0.4, 0.5) is 4.39 Å². The first-order valence-electron chi connectivity index (χ1n) is 8.15. The molecule has 0 aliphatic heterocycles. The van der Waals surface area contributed by atoms with Crippen LogP contribution in [0.3, 0.4) is 0 Å². The summed E-state index contributed by atoms with van der Waals surface area (Å²) in [6, 6.07) is 6.33. The van der Waals surface area contributed by atoms with Crippen LogP contribution >= 0.6 is 0 Å². The predicted molar refractivity (Wildman–Crippen MR) is 88.6 cm³/mol. The van der Waals surface area contributed by atoms with Crippen LogP contribution in [0, 0.1) is 11.2 Å². The summed E-state index contributed by atoms with van der Waals surface area (Å²) in [6.45, 7) is 0. The van der Waals surface area contributed by atoms with Gasteiger partial charge in [0.15, 0.2) is 5.41 Å². The van der Waals surface area contributed by atoms with Gasteiger partial charge in [0.1, 0.15) is 5.82 Å². The lowest BCUT2D eigenvalue weighted by Gasteiger charge is -2.28. The predicted octanol–water partition coefficient (Wildman–Crippen LogP) is 3.30. The highest BCUT2D eigenvalue weighted by Crippen LogP contribution is 2.35. The van der Waals surface area contributed by atoms with Gasteiger partial charge in [-0.25, -0.2) is 4.39 Å². The lowest BCUT2D eigenvalue weighted by Crippen LogP contribution is -2.48. The van der Waals surface area contributed by atoms with Gasteiger partial charge in [0, 0.05) is 6.04 Å². The van der Waals surface area contributed by atoms with Gasteiger partial charge in [0.05, 0.1) is 0 Å². The Balaban J connectivity index is 1.63. The lowest BCUT2D eigenvalue weighted by molar-refractivity contribution is -0.155. The molecule has 2 aliphatic carbocycles. The van der Waals surface area contributed by atoms with Gasteiger partial charge in [-0.2, -0.15) is 0 Å². The average molecular weight is 329 g/mol. The molecule has 0 radical (unpaired) electrons. The van der Waals surface area contributed by atoms with Crippen molar-refractivity contribution in [3.8, 4) is 0 Å². The monoisotopic (exact) mass is 329 g/mol. The number of benzene rings is 1. The second-order valence-corrected chi connectivity index (χ2v) is 6.45. The molecule has 1 unspecified atom stereocenters. The molecule has 0 aromatic heterocycles. The van der Waals surface area contributed by atoms with Crippen molar-refractivity contribution in [3.05, 3.63) is 53.9 Å². The number of carbonyl (C=O) groups is 2. The fourth-order valence-electron chi connectivity index (χ4n) is 3.32. The van der Waals surface area contributed by atoms with Crippen LogP contribution in [0.5, 0.6) is 0 Å². The zero-order valence-corrected chi connectivity index (χ0v) is 13.3. The van der Waals surface area contributed by atoms with E-state index in [2.05, 4.69) is 5.32 Å². The molecule has 1 atom stereocenters. The Labute approximate surface area is 140 Å². The van der Waals surface area contributed by atoms with Crippen molar-refractivity contribution in [1.29, 1.82) is 0 Å². The third-order valence-corrected chi connectivity index (χ3v) is 4.90. The highest BCUT2D eigenvalue weighted by molar-refractivity contribution is 6.03. The van der Waals surface area contributed by atoms with Crippen molar-refractivity contribution in [2.45, 2.75) is 38.1 Å². The molecule has 2 aliphatic rings. The van der Waals surface area contributed by atoms with Gasteiger partial charge in [-0.1, -0.05) is 30.4 Å². The van der Waals surface area contributed by atoms with Crippen molar-refractivity contribution in [2.75, 3.05) is 0 Å². The molecule has 0 spiro atoms. The zero-order chi connectivity index (χ0) is 17.2. The van der Waals surface area contributed by atoms with Crippen LogP contribution in [0.25, 0.3) is 5.57 Å². The largest absolute Gasteiger partial charge is 0.480 e. The maximum Gasteiger partial charge on any atom is 0.319 e. The summed E-state index contributed by atoms with van der Waals surface area (Å²) >= 11 is 0. The van der Waals surface area contributed by atoms with Gasteiger partial charge in [-0.05, 0) is 55.4 Å². The van der Waals surface area contributed by atoms with E-state index in [1.807, 2.05) is 6.08 Å². The number of carbonyl (C=O) groups excluding carboxylic acids is 1. The first-order valence-corrected chi connectivity index (χ1v) is 8.15. The molecule has 1 aromatic carbocycles. The van der Waals surface area contributed by atoms with Crippen molar-refractivity contribution in [3.63, 3.8) is 0 Å².